The second-order valence-electron chi connectivity index (χ2n) is 7.93. The Kier molecular flexibility index (Phi) is 6.35. The highest BCUT2D eigenvalue weighted by Gasteiger charge is 2.36. The van der Waals surface area contributed by atoms with Gasteiger partial charge in [-0.15, -0.1) is 0 Å². The molecule has 0 aromatic heterocycles. The molecular weight excluding hydrogens is 372 g/mol. The molecule has 2 aliphatic rings. The average molecular weight is 400 g/mol. The minimum absolute atomic E-state index is 0.161. The molecule has 0 radical (unpaired) electrons. The van der Waals surface area contributed by atoms with E-state index in [4.69, 9.17) is 4.74 Å². The van der Waals surface area contributed by atoms with Crippen LogP contribution >= 0.6 is 0 Å². The summed E-state index contributed by atoms with van der Waals surface area (Å²) in [6.07, 6.45) is 2.59. The average Bonchev–Trinajstić information content (AvgIpc) is 2.96. The molecule has 3 amide bonds. The molecule has 1 aromatic rings. The monoisotopic (exact) mass is 400 g/mol. The van der Waals surface area contributed by atoms with Crippen molar-refractivity contribution in [3.8, 4) is 0 Å². The summed E-state index contributed by atoms with van der Waals surface area (Å²) in [4.78, 5) is 53.0. The van der Waals surface area contributed by atoms with Crippen LogP contribution in [0.3, 0.4) is 0 Å². The summed E-state index contributed by atoms with van der Waals surface area (Å²) in [5.74, 6) is -1.00. The number of piperidine rings is 1. The zero-order chi connectivity index (χ0) is 21.1. The Morgan fingerprint density at radius 2 is 1.79 bits per heavy atom. The first kappa shape index (κ1) is 21.0. The van der Waals surface area contributed by atoms with Gasteiger partial charge in [0.25, 0.3) is 17.7 Å². The topological polar surface area (TPSA) is 84.0 Å². The first-order chi connectivity index (χ1) is 13.8. The van der Waals surface area contributed by atoms with Crippen molar-refractivity contribution in [1.29, 1.82) is 0 Å². The van der Waals surface area contributed by atoms with Crippen molar-refractivity contribution >= 4 is 23.7 Å². The van der Waals surface area contributed by atoms with Crippen molar-refractivity contribution in [2.45, 2.75) is 52.6 Å². The fourth-order valence-electron chi connectivity index (χ4n) is 3.70. The highest BCUT2D eigenvalue weighted by atomic mass is 16.5. The van der Waals surface area contributed by atoms with Crippen molar-refractivity contribution in [2.75, 3.05) is 19.6 Å². The van der Waals surface area contributed by atoms with E-state index in [9.17, 15) is 19.2 Å². The first-order valence-corrected chi connectivity index (χ1v) is 10.3. The zero-order valence-electron chi connectivity index (χ0n) is 17.3. The molecule has 3 rings (SSSR count). The SMILES string of the molecule is CCCCN1C(=O)c2ccc(C(=O)OC(C)C(=O)N3CCC(C)CC3)cc2C1=O. The molecule has 0 aliphatic carbocycles. The predicted octanol–water partition coefficient (Wildman–Crippen LogP) is 2.89. The van der Waals surface area contributed by atoms with Gasteiger partial charge in [0.2, 0.25) is 0 Å². The lowest BCUT2D eigenvalue weighted by Gasteiger charge is -2.31. The zero-order valence-corrected chi connectivity index (χ0v) is 17.3. The van der Waals surface area contributed by atoms with E-state index in [1.54, 1.807) is 11.8 Å². The van der Waals surface area contributed by atoms with Gasteiger partial charge in [0.15, 0.2) is 6.10 Å². The lowest BCUT2D eigenvalue weighted by molar-refractivity contribution is -0.141. The highest BCUT2D eigenvalue weighted by Crippen LogP contribution is 2.25. The molecule has 0 saturated carbocycles. The summed E-state index contributed by atoms with van der Waals surface area (Å²) in [7, 11) is 0. The number of imide groups is 1. The van der Waals surface area contributed by atoms with Crippen LogP contribution in [0.25, 0.3) is 0 Å². The van der Waals surface area contributed by atoms with Crippen molar-refractivity contribution in [2.24, 2.45) is 5.92 Å². The number of unbranched alkanes of at least 4 members (excludes halogenated alkanes) is 1. The Balaban J connectivity index is 1.67. The third-order valence-corrected chi connectivity index (χ3v) is 5.67. The van der Waals surface area contributed by atoms with E-state index < -0.39 is 12.1 Å². The van der Waals surface area contributed by atoms with Crippen molar-refractivity contribution in [3.05, 3.63) is 34.9 Å². The van der Waals surface area contributed by atoms with Gasteiger partial charge < -0.3 is 9.64 Å². The Morgan fingerprint density at radius 3 is 2.45 bits per heavy atom. The Bertz CT molecular complexity index is 826. The molecule has 156 valence electrons. The maximum atomic E-state index is 12.5. The normalized spacial score (nSPS) is 18.0. The number of carbonyl (C=O) groups excluding carboxylic acids is 4. The van der Waals surface area contributed by atoms with Crippen molar-refractivity contribution in [3.63, 3.8) is 0 Å². The quantitative estimate of drug-likeness (QED) is 0.542. The number of benzene rings is 1. The molecule has 7 heteroatoms. The Morgan fingerprint density at radius 1 is 1.14 bits per heavy atom. The first-order valence-electron chi connectivity index (χ1n) is 10.3. The molecule has 1 fully saturated rings. The number of esters is 1. The molecule has 0 N–H and O–H groups in total. The van der Waals surface area contributed by atoms with Crippen LogP contribution in [-0.2, 0) is 9.53 Å². The van der Waals surface area contributed by atoms with E-state index in [1.165, 1.54) is 23.1 Å². The van der Waals surface area contributed by atoms with Crippen LogP contribution in [0.15, 0.2) is 18.2 Å². The molecule has 29 heavy (non-hydrogen) atoms. The minimum Gasteiger partial charge on any atom is -0.449 e. The van der Waals surface area contributed by atoms with Gasteiger partial charge in [-0.2, -0.15) is 0 Å². The second kappa shape index (κ2) is 8.76. The molecular formula is C22H28N2O5. The van der Waals surface area contributed by atoms with Crippen molar-refractivity contribution in [1.82, 2.24) is 9.80 Å². The number of likely N-dealkylation sites (tertiary alicyclic amines) is 1. The molecule has 1 saturated heterocycles. The van der Waals surface area contributed by atoms with E-state index >= 15 is 0 Å². The number of ether oxygens (including phenoxy) is 1. The van der Waals surface area contributed by atoms with Gasteiger partial charge in [0, 0.05) is 19.6 Å². The summed E-state index contributed by atoms with van der Waals surface area (Å²) in [6.45, 7) is 7.42. The number of hydrogen-bond acceptors (Lipinski definition) is 5. The highest BCUT2D eigenvalue weighted by molar-refractivity contribution is 6.22. The van der Waals surface area contributed by atoms with E-state index in [0.717, 1.165) is 25.7 Å². The lowest BCUT2D eigenvalue weighted by atomic mass is 9.99. The van der Waals surface area contributed by atoms with Crippen LogP contribution in [0, 0.1) is 5.92 Å². The van der Waals surface area contributed by atoms with Gasteiger partial charge >= 0.3 is 5.97 Å². The summed E-state index contributed by atoms with van der Waals surface area (Å²) in [5, 5.41) is 0. The van der Waals surface area contributed by atoms with Crippen LogP contribution < -0.4 is 0 Å². The Labute approximate surface area is 171 Å². The Hall–Kier alpha value is -2.70. The third kappa shape index (κ3) is 4.33. The summed E-state index contributed by atoms with van der Waals surface area (Å²) < 4.78 is 5.35. The van der Waals surface area contributed by atoms with Crippen LogP contribution in [0.4, 0.5) is 0 Å². The van der Waals surface area contributed by atoms with Crippen LogP contribution in [-0.4, -0.2) is 59.2 Å². The molecule has 2 aliphatic heterocycles. The van der Waals surface area contributed by atoms with Gasteiger partial charge in [0.1, 0.15) is 0 Å². The molecule has 2 heterocycles. The van der Waals surface area contributed by atoms with Gasteiger partial charge in [-0.1, -0.05) is 20.3 Å². The van der Waals surface area contributed by atoms with Crippen LogP contribution in [0.5, 0.6) is 0 Å². The number of amides is 3. The molecule has 1 atom stereocenters. The summed E-state index contributed by atoms with van der Waals surface area (Å²) in [6, 6.07) is 4.34. The number of carbonyl (C=O) groups is 4. The standard InChI is InChI=1S/C22H28N2O5/c1-4-5-10-24-20(26)17-7-6-16(13-18(17)21(24)27)22(28)29-15(3)19(25)23-11-8-14(2)9-12-23/h6-7,13-15H,4-5,8-12H2,1-3H3. The van der Waals surface area contributed by atoms with Gasteiger partial charge in [0.05, 0.1) is 16.7 Å². The predicted molar refractivity (Wildman–Crippen MR) is 107 cm³/mol. The summed E-state index contributed by atoms with van der Waals surface area (Å²) >= 11 is 0. The second-order valence-corrected chi connectivity index (χ2v) is 7.93. The number of fused-ring (bicyclic) bond motifs is 1. The van der Waals surface area contributed by atoms with E-state index in [2.05, 4.69) is 6.92 Å². The molecule has 7 nitrogen and oxygen atoms in total. The van der Waals surface area contributed by atoms with Crippen molar-refractivity contribution < 1.29 is 23.9 Å². The third-order valence-electron chi connectivity index (χ3n) is 5.67. The molecule has 0 spiro atoms. The van der Waals surface area contributed by atoms with E-state index in [-0.39, 0.29) is 28.8 Å². The maximum absolute atomic E-state index is 12.5. The van der Waals surface area contributed by atoms with Gasteiger partial charge in [-0.3, -0.25) is 19.3 Å². The number of nitrogens with zero attached hydrogens (tertiary/aromatic N) is 2. The fraction of sp³-hybridized carbons (Fsp3) is 0.545. The van der Waals surface area contributed by atoms with Crippen LogP contribution in [0.2, 0.25) is 0 Å². The minimum atomic E-state index is -0.900. The van der Waals surface area contributed by atoms with Crippen LogP contribution in [0.1, 0.15) is 77.5 Å². The molecule has 1 unspecified atom stereocenters. The smallest absolute Gasteiger partial charge is 0.338 e. The van der Waals surface area contributed by atoms with Gasteiger partial charge in [-0.05, 0) is 50.3 Å². The molecule has 1 aromatic carbocycles. The van der Waals surface area contributed by atoms with Gasteiger partial charge in [-0.25, -0.2) is 4.79 Å². The molecule has 0 bridgehead atoms. The summed E-state index contributed by atoms with van der Waals surface area (Å²) in [5.41, 5.74) is 0.674. The maximum Gasteiger partial charge on any atom is 0.338 e. The lowest BCUT2D eigenvalue weighted by Crippen LogP contribution is -2.44. The number of hydrogen-bond donors (Lipinski definition) is 0. The van der Waals surface area contributed by atoms with E-state index in [0.29, 0.717) is 31.1 Å². The van der Waals surface area contributed by atoms with E-state index in [1.807, 2.05) is 6.92 Å². The largest absolute Gasteiger partial charge is 0.449 e. The number of rotatable bonds is 6. The fourth-order valence-corrected chi connectivity index (χ4v) is 3.70.